The van der Waals surface area contributed by atoms with Gasteiger partial charge in [-0.3, -0.25) is 15.1 Å². The van der Waals surface area contributed by atoms with Gasteiger partial charge >= 0.3 is 0 Å². The van der Waals surface area contributed by atoms with Crippen molar-refractivity contribution in [2.45, 2.75) is 45.9 Å². The Hall–Kier alpha value is -1.37. The van der Waals surface area contributed by atoms with Crippen molar-refractivity contribution in [3.8, 4) is 0 Å². The number of amides is 1. The minimum Gasteiger partial charge on any atom is -0.464 e. The van der Waals surface area contributed by atoms with Crippen molar-refractivity contribution in [1.82, 2.24) is 10.3 Å². The third-order valence-electron chi connectivity index (χ3n) is 3.76. The molecule has 2 atom stereocenters. The third-order valence-corrected chi connectivity index (χ3v) is 3.76. The number of rotatable bonds is 4. The molecule has 1 aromatic rings. The van der Waals surface area contributed by atoms with E-state index < -0.39 is 0 Å². The van der Waals surface area contributed by atoms with Crippen molar-refractivity contribution in [3.05, 3.63) is 23.2 Å². The molecule has 1 aliphatic rings. The van der Waals surface area contributed by atoms with E-state index in [4.69, 9.17) is 15.0 Å². The fourth-order valence-electron chi connectivity index (χ4n) is 2.61. The number of aryl methyl sites for hydroxylation is 1. The van der Waals surface area contributed by atoms with Gasteiger partial charge in [0.25, 0.3) is 5.91 Å². The maximum absolute atomic E-state index is 11.6. The zero-order chi connectivity index (χ0) is 14.7. The Kier molecular flexibility index (Phi) is 4.80. The van der Waals surface area contributed by atoms with Gasteiger partial charge in [0.05, 0.1) is 24.8 Å². The second-order valence-corrected chi connectivity index (χ2v) is 5.29. The number of hydrogen-bond donors (Lipinski definition) is 2. The molecule has 0 saturated carbocycles. The monoisotopic (exact) mass is 281 g/mol. The molecule has 2 unspecified atom stereocenters. The molecule has 2 heterocycles. The highest BCUT2D eigenvalue weighted by Gasteiger charge is 2.27. The molecule has 0 aromatic carbocycles. The molecule has 1 fully saturated rings. The Morgan fingerprint density at radius 1 is 1.60 bits per heavy atom. The van der Waals surface area contributed by atoms with E-state index in [0.29, 0.717) is 23.9 Å². The van der Waals surface area contributed by atoms with Crippen molar-refractivity contribution in [1.29, 1.82) is 0 Å². The first-order valence-electron chi connectivity index (χ1n) is 7.01. The van der Waals surface area contributed by atoms with Crippen LogP contribution in [-0.2, 0) is 11.3 Å². The molecule has 6 heteroatoms. The van der Waals surface area contributed by atoms with E-state index in [0.717, 1.165) is 25.3 Å². The molecule has 1 aromatic heterocycles. The molecule has 0 radical (unpaired) electrons. The maximum Gasteiger partial charge on any atom is 0.268 e. The molecule has 0 spiro atoms. The SMILES string of the molecule is CCC1COC(C)CN1Cc1cc(C(=O)NN)c(C)o1. The number of carbonyl (C=O) groups is 1. The van der Waals surface area contributed by atoms with E-state index >= 15 is 0 Å². The van der Waals surface area contributed by atoms with Crippen molar-refractivity contribution >= 4 is 5.91 Å². The second-order valence-electron chi connectivity index (χ2n) is 5.29. The molecule has 112 valence electrons. The third kappa shape index (κ3) is 3.20. The number of nitrogen functional groups attached to an aromatic ring is 1. The zero-order valence-corrected chi connectivity index (χ0v) is 12.3. The van der Waals surface area contributed by atoms with Gasteiger partial charge in [-0.05, 0) is 26.3 Å². The first kappa shape index (κ1) is 15.0. The van der Waals surface area contributed by atoms with E-state index in [1.54, 1.807) is 13.0 Å². The Morgan fingerprint density at radius 2 is 2.35 bits per heavy atom. The largest absolute Gasteiger partial charge is 0.464 e. The van der Waals surface area contributed by atoms with Crippen LogP contribution in [0.4, 0.5) is 0 Å². The van der Waals surface area contributed by atoms with E-state index in [-0.39, 0.29) is 12.0 Å². The fraction of sp³-hybridized carbons (Fsp3) is 0.643. The van der Waals surface area contributed by atoms with Crippen LogP contribution in [0.1, 0.15) is 42.1 Å². The van der Waals surface area contributed by atoms with Gasteiger partial charge in [-0.25, -0.2) is 5.84 Å². The summed E-state index contributed by atoms with van der Waals surface area (Å²) >= 11 is 0. The summed E-state index contributed by atoms with van der Waals surface area (Å²) in [5.74, 6) is 6.22. The number of hydrogen-bond acceptors (Lipinski definition) is 5. The molecule has 1 aliphatic heterocycles. The van der Waals surface area contributed by atoms with Gasteiger partial charge in [-0.15, -0.1) is 0 Å². The van der Waals surface area contributed by atoms with Gasteiger partial charge in [0.15, 0.2) is 0 Å². The number of furan rings is 1. The number of carbonyl (C=O) groups excluding carboxylic acids is 1. The average molecular weight is 281 g/mol. The van der Waals surface area contributed by atoms with Crippen LogP contribution < -0.4 is 11.3 Å². The summed E-state index contributed by atoms with van der Waals surface area (Å²) in [5, 5.41) is 0. The molecular formula is C14H23N3O3. The Balaban J connectivity index is 2.10. The van der Waals surface area contributed by atoms with Gasteiger partial charge < -0.3 is 9.15 Å². The molecule has 0 bridgehead atoms. The van der Waals surface area contributed by atoms with E-state index in [1.165, 1.54) is 0 Å². The average Bonchev–Trinajstić information content (AvgIpc) is 2.79. The van der Waals surface area contributed by atoms with Gasteiger partial charge in [0, 0.05) is 12.6 Å². The quantitative estimate of drug-likeness (QED) is 0.492. The van der Waals surface area contributed by atoms with Crippen LogP contribution in [-0.4, -0.2) is 36.1 Å². The van der Waals surface area contributed by atoms with Gasteiger partial charge in [0.1, 0.15) is 11.5 Å². The highest BCUT2D eigenvalue weighted by Crippen LogP contribution is 2.21. The Bertz CT molecular complexity index is 472. The topological polar surface area (TPSA) is 80.7 Å². The molecule has 20 heavy (non-hydrogen) atoms. The summed E-state index contributed by atoms with van der Waals surface area (Å²) in [6.45, 7) is 8.29. The highest BCUT2D eigenvalue weighted by atomic mass is 16.5. The van der Waals surface area contributed by atoms with Crippen LogP contribution in [0, 0.1) is 6.92 Å². The summed E-state index contributed by atoms with van der Waals surface area (Å²) in [5.41, 5.74) is 2.63. The summed E-state index contributed by atoms with van der Waals surface area (Å²) in [7, 11) is 0. The first-order valence-corrected chi connectivity index (χ1v) is 7.01. The number of ether oxygens (including phenoxy) is 1. The minimum atomic E-state index is -0.320. The number of morpholine rings is 1. The van der Waals surface area contributed by atoms with Crippen LogP contribution in [0.3, 0.4) is 0 Å². The summed E-state index contributed by atoms with van der Waals surface area (Å²) in [6, 6.07) is 2.16. The first-order chi connectivity index (χ1) is 9.55. The normalized spacial score (nSPS) is 23.8. The smallest absolute Gasteiger partial charge is 0.268 e. The fourth-order valence-corrected chi connectivity index (χ4v) is 2.61. The number of nitrogens with two attached hydrogens (primary N) is 1. The molecule has 0 aliphatic carbocycles. The lowest BCUT2D eigenvalue weighted by atomic mass is 10.1. The lowest BCUT2D eigenvalue weighted by Crippen LogP contribution is -2.47. The van der Waals surface area contributed by atoms with E-state index in [9.17, 15) is 4.79 Å². The second kappa shape index (κ2) is 6.39. The summed E-state index contributed by atoms with van der Waals surface area (Å²) < 4.78 is 11.4. The van der Waals surface area contributed by atoms with Crippen LogP contribution >= 0.6 is 0 Å². The van der Waals surface area contributed by atoms with Crippen molar-refractivity contribution in [2.24, 2.45) is 5.84 Å². The number of nitrogens with zero attached hydrogens (tertiary/aromatic N) is 1. The van der Waals surface area contributed by atoms with Crippen LogP contribution in [0.5, 0.6) is 0 Å². The number of nitrogens with one attached hydrogen (secondary N) is 1. The van der Waals surface area contributed by atoms with Gasteiger partial charge in [-0.1, -0.05) is 6.92 Å². The van der Waals surface area contributed by atoms with Crippen LogP contribution in [0.15, 0.2) is 10.5 Å². The van der Waals surface area contributed by atoms with Crippen molar-refractivity contribution in [3.63, 3.8) is 0 Å². The molecule has 2 rings (SSSR count). The highest BCUT2D eigenvalue weighted by molar-refractivity contribution is 5.94. The van der Waals surface area contributed by atoms with Crippen molar-refractivity contribution < 1.29 is 13.9 Å². The lowest BCUT2D eigenvalue weighted by molar-refractivity contribution is -0.0611. The summed E-state index contributed by atoms with van der Waals surface area (Å²) in [4.78, 5) is 13.9. The molecular weight excluding hydrogens is 258 g/mol. The molecule has 1 amide bonds. The van der Waals surface area contributed by atoms with Gasteiger partial charge in [0.2, 0.25) is 0 Å². The minimum absolute atomic E-state index is 0.223. The molecule has 1 saturated heterocycles. The van der Waals surface area contributed by atoms with E-state index in [2.05, 4.69) is 24.2 Å². The Labute approximate surface area is 119 Å². The predicted octanol–water partition coefficient (Wildman–Crippen LogP) is 1.19. The Morgan fingerprint density at radius 3 is 3.00 bits per heavy atom. The number of hydrazine groups is 1. The van der Waals surface area contributed by atoms with Gasteiger partial charge in [-0.2, -0.15) is 0 Å². The van der Waals surface area contributed by atoms with Crippen LogP contribution in [0.25, 0.3) is 0 Å². The molecule has 6 nitrogen and oxygen atoms in total. The lowest BCUT2D eigenvalue weighted by Gasteiger charge is -2.37. The maximum atomic E-state index is 11.6. The van der Waals surface area contributed by atoms with Crippen molar-refractivity contribution in [2.75, 3.05) is 13.2 Å². The summed E-state index contributed by atoms with van der Waals surface area (Å²) in [6.07, 6.45) is 1.25. The molecule has 3 N–H and O–H groups in total. The van der Waals surface area contributed by atoms with Crippen LogP contribution in [0.2, 0.25) is 0 Å². The van der Waals surface area contributed by atoms with E-state index in [1.807, 2.05) is 0 Å². The zero-order valence-electron chi connectivity index (χ0n) is 12.3. The predicted molar refractivity (Wildman–Crippen MR) is 75.0 cm³/mol. The standard InChI is InChI=1S/C14H23N3O3/c1-4-11-8-19-9(2)6-17(11)7-12-5-13(10(3)20-12)14(18)16-15/h5,9,11H,4,6-8,15H2,1-3H3,(H,16,18).